The van der Waals surface area contributed by atoms with E-state index in [2.05, 4.69) is 11.2 Å². The molecule has 0 atom stereocenters. The van der Waals surface area contributed by atoms with Crippen molar-refractivity contribution in [3.8, 4) is 11.8 Å². The van der Waals surface area contributed by atoms with Crippen LogP contribution in [0.3, 0.4) is 0 Å². The average molecular weight is 258 g/mol. The summed E-state index contributed by atoms with van der Waals surface area (Å²) in [5.41, 5.74) is 9.58. The Bertz CT molecular complexity index is 637. The number of nitrogens with two attached hydrogens (primary N) is 1. The summed E-state index contributed by atoms with van der Waals surface area (Å²) >= 11 is 1.43. The lowest BCUT2D eigenvalue weighted by atomic mass is 10.1. The Labute approximate surface area is 110 Å². The topological polar surface area (TPSA) is 67.6 Å². The predicted molar refractivity (Wildman–Crippen MR) is 73.9 cm³/mol. The first kappa shape index (κ1) is 12.5. The van der Waals surface area contributed by atoms with E-state index in [9.17, 15) is 0 Å². The SMILES string of the molecule is CSc1nn(-c2cc(C)ccc2C)c(N)c1C#N. The number of nitrogens with zero attached hydrogens (tertiary/aromatic N) is 3. The highest BCUT2D eigenvalue weighted by atomic mass is 32.2. The number of hydrogen-bond acceptors (Lipinski definition) is 4. The normalized spacial score (nSPS) is 10.3. The van der Waals surface area contributed by atoms with E-state index < -0.39 is 0 Å². The van der Waals surface area contributed by atoms with Crippen LogP contribution in [0.4, 0.5) is 5.82 Å². The second-order valence-corrected chi connectivity index (χ2v) is 4.88. The van der Waals surface area contributed by atoms with Gasteiger partial charge in [-0.2, -0.15) is 10.4 Å². The van der Waals surface area contributed by atoms with Crippen molar-refractivity contribution >= 4 is 17.6 Å². The van der Waals surface area contributed by atoms with Crippen molar-refractivity contribution in [1.29, 1.82) is 5.26 Å². The standard InChI is InChI=1S/C13H14N4S/c1-8-4-5-9(2)11(6-8)17-12(15)10(7-14)13(16-17)18-3/h4-6H,15H2,1-3H3. The lowest BCUT2D eigenvalue weighted by Gasteiger charge is -2.08. The molecule has 0 bridgehead atoms. The third-order valence-corrected chi connectivity index (χ3v) is 3.46. The van der Waals surface area contributed by atoms with Crippen LogP contribution >= 0.6 is 11.8 Å². The monoisotopic (exact) mass is 258 g/mol. The molecule has 18 heavy (non-hydrogen) atoms. The summed E-state index contributed by atoms with van der Waals surface area (Å²) in [4.78, 5) is 0. The third kappa shape index (κ3) is 1.95. The molecule has 4 nitrogen and oxygen atoms in total. The zero-order chi connectivity index (χ0) is 13.3. The molecule has 2 N–H and O–H groups in total. The molecule has 0 spiro atoms. The molecule has 0 aliphatic carbocycles. The molecule has 5 heteroatoms. The number of hydrogen-bond donors (Lipinski definition) is 1. The fraction of sp³-hybridized carbons (Fsp3) is 0.231. The first-order valence-corrected chi connectivity index (χ1v) is 6.71. The van der Waals surface area contributed by atoms with Gasteiger partial charge < -0.3 is 5.73 Å². The molecule has 0 fully saturated rings. The Hall–Kier alpha value is -1.93. The molecule has 1 heterocycles. The van der Waals surface area contributed by atoms with Crippen LogP contribution in [0.5, 0.6) is 0 Å². The van der Waals surface area contributed by atoms with Gasteiger partial charge in [0, 0.05) is 0 Å². The van der Waals surface area contributed by atoms with E-state index in [1.165, 1.54) is 11.8 Å². The maximum absolute atomic E-state index is 9.12. The Balaban J connectivity index is 2.69. The van der Waals surface area contributed by atoms with Gasteiger partial charge in [-0.25, -0.2) is 4.68 Å². The van der Waals surface area contributed by atoms with Crippen LogP contribution in [-0.4, -0.2) is 16.0 Å². The van der Waals surface area contributed by atoms with Gasteiger partial charge >= 0.3 is 0 Å². The molecular weight excluding hydrogens is 244 g/mol. The minimum Gasteiger partial charge on any atom is -0.382 e. The molecule has 0 aliphatic rings. The van der Waals surface area contributed by atoms with Crippen molar-refractivity contribution in [1.82, 2.24) is 9.78 Å². The summed E-state index contributed by atoms with van der Waals surface area (Å²) < 4.78 is 1.65. The maximum atomic E-state index is 9.12. The lowest BCUT2D eigenvalue weighted by Crippen LogP contribution is -2.04. The van der Waals surface area contributed by atoms with Gasteiger partial charge in [-0.15, -0.1) is 11.8 Å². The molecule has 1 aromatic carbocycles. The number of rotatable bonds is 2. The van der Waals surface area contributed by atoms with Crippen LogP contribution in [0, 0.1) is 25.2 Å². The molecule has 0 radical (unpaired) electrons. The summed E-state index contributed by atoms with van der Waals surface area (Å²) in [6.45, 7) is 4.02. The highest BCUT2D eigenvalue weighted by Gasteiger charge is 2.16. The molecule has 0 saturated carbocycles. The minimum absolute atomic E-state index is 0.399. The Morgan fingerprint density at radius 1 is 1.39 bits per heavy atom. The number of benzene rings is 1. The summed E-state index contributed by atoms with van der Waals surface area (Å²) in [5, 5.41) is 14.2. The Kier molecular flexibility index (Phi) is 3.30. The van der Waals surface area contributed by atoms with E-state index in [0.29, 0.717) is 16.4 Å². The van der Waals surface area contributed by atoms with E-state index in [1.807, 2.05) is 38.3 Å². The predicted octanol–water partition coefficient (Wildman–Crippen LogP) is 2.66. The molecule has 1 aromatic heterocycles. The first-order chi connectivity index (χ1) is 8.58. The van der Waals surface area contributed by atoms with Gasteiger partial charge in [0.15, 0.2) is 0 Å². The molecule has 0 amide bonds. The highest BCUT2D eigenvalue weighted by Crippen LogP contribution is 2.27. The molecule has 2 rings (SSSR count). The number of aromatic nitrogens is 2. The summed E-state index contributed by atoms with van der Waals surface area (Å²) in [7, 11) is 0. The molecule has 92 valence electrons. The fourth-order valence-electron chi connectivity index (χ4n) is 1.79. The van der Waals surface area contributed by atoms with Crippen LogP contribution in [0.1, 0.15) is 16.7 Å². The van der Waals surface area contributed by atoms with Gasteiger partial charge in [-0.1, -0.05) is 12.1 Å². The van der Waals surface area contributed by atoms with E-state index in [0.717, 1.165) is 16.8 Å². The summed E-state index contributed by atoms with van der Waals surface area (Å²) in [6.07, 6.45) is 1.88. The zero-order valence-electron chi connectivity index (χ0n) is 10.6. The third-order valence-electron chi connectivity index (χ3n) is 2.79. The van der Waals surface area contributed by atoms with Crippen LogP contribution in [0.25, 0.3) is 5.69 Å². The smallest absolute Gasteiger partial charge is 0.146 e. The van der Waals surface area contributed by atoms with Gasteiger partial charge in [-0.3, -0.25) is 0 Å². The minimum atomic E-state index is 0.399. The van der Waals surface area contributed by atoms with Crippen molar-refractivity contribution in [3.05, 3.63) is 34.9 Å². The van der Waals surface area contributed by atoms with Crippen molar-refractivity contribution in [3.63, 3.8) is 0 Å². The first-order valence-electron chi connectivity index (χ1n) is 5.48. The average Bonchev–Trinajstić information content (AvgIpc) is 2.68. The quantitative estimate of drug-likeness (QED) is 0.841. The summed E-state index contributed by atoms with van der Waals surface area (Å²) in [5.74, 6) is 0.399. The van der Waals surface area contributed by atoms with Crippen molar-refractivity contribution in [2.75, 3.05) is 12.0 Å². The maximum Gasteiger partial charge on any atom is 0.146 e. The second kappa shape index (κ2) is 4.75. The summed E-state index contributed by atoms with van der Waals surface area (Å²) in [6, 6.07) is 8.19. The Morgan fingerprint density at radius 3 is 2.67 bits per heavy atom. The van der Waals surface area contributed by atoms with Crippen molar-refractivity contribution in [2.45, 2.75) is 18.9 Å². The van der Waals surface area contributed by atoms with E-state index in [4.69, 9.17) is 11.0 Å². The van der Waals surface area contributed by atoms with E-state index >= 15 is 0 Å². The van der Waals surface area contributed by atoms with Gasteiger partial charge in [0.2, 0.25) is 0 Å². The molecular formula is C13H14N4S. The number of nitriles is 1. The number of anilines is 1. The van der Waals surface area contributed by atoms with Crippen LogP contribution in [0.15, 0.2) is 23.2 Å². The Morgan fingerprint density at radius 2 is 2.11 bits per heavy atom. The highest BCUT2D eigenvalue weighted by molar-refractivity contribution is 7.98. The van der Waals surface area contributed by atoms with Gasteiger partial charge in [0.05, 0.1) is 5.69 Å². The molecule has 0 aliphatic heterocycles. The van der Waals surface area contributed by atoms with Gasteiger partial charge in [0.25, 0.3) is 0 Å². The lowest BCUT2D eigenvalue weighted by molar-refractivity contribution is 0.839. The van der Waals surface area contributed by atoms with Gasteiger partial charge in [0.1, 0.15) is 22.5 Å². The van der Waals surface area contributed by atoms with Crippen LogP contribution in [-0.2, 0) is 0 Å². The van der Waals surface area contributed by atoms with Crippen LogP contribution < -0.4 is 5.73 Å². The van der Waals surface area contributed by atoms with Gasteiger partial charge in [-0.05, 0) is 37.3 Å². The molecule has 2 aromatic rings. The number of thioether (sulfide) groups is 1. The van der Waals surface area contributed by atoms with Crippen LogP contribution in [0.2, 0.25) is 0 Å². The fourth-order valence-corrected chi connectivity index (χ4v) is 2.31. The number of nitrogen functional groups attached to an aromatic ring is 1. The largest absolute Gasteiger partial charge is 0.382 e. The number of aryl methyl sites for hydroxylation is 2. The van der Waals surface area contributed by atoms with E-state index in [-0.39, 0.29) is 0 Å². The van der Waals surface area contributed by atoms with Crippen molar-refractivity contribution < 1.29 is 0 Å². The zero-order valence-corrected chi connectivity index (χ0v) is 11.4. The van der Waals surface area contributed by atoms with Crippen molar-refractivity contribution in [2.24, 2.45) is 0 Å². The second-order valence-electron chi connectivity index (χ2n) is 4.08. The van der Waals surface area contributed by atoms with E-state index in [1.54, 1.807) is 4.68 Å². The molecule has 0 saturated heterocycles. The molecule has 0 unspecified atom stereocenters.